The summed E-state index contributed by atoms with van der Waals surface area (Å²) in [6.45, 7) is 8.86. The van der Waals surface area contributed by atoms with Gasteiger partial charge in [-0.1, -0.05) is 32.4 Å². The zero-order valence-corrected chi connectivity index (χ0v) is 24.3. The maximum Gasteiger partial charge on any atom is 0.302 e. The van der Waals surface area contributed by atoms with Crippen molar-refractivity contribution in [1.82, 2.24) is 0 Å². The molecular formula is C32H46ClNO4. The Hall–Kier alpha value is -1.59. The highest BCUT2D eigenvalue weighted by molar-refractivity contribution is 6.30. The molecule has 5 rings (SSSR count). The molecule has 0 aromatic heterocycles. The van der Waals surface area contributed by atoms with Crippen LogP contribution in [0, 0.1) is 46.3 Å². The fraction of sp³-hybridized carbons (Fsp3) is 0.750. The summed E-state index contributed by atoms with van der Waals surface area (Å²) in [7, 11) is 0. The number of ether oxygens (including phenoxy) is 1. The molecule has 0 bridgehead atoms. The van der Waals surface area contributed by atoms with Gasteiger partial charge in [0.25, 0.3) is 0 Å². The largest absolute Gasteiger partial charge is 0.462 e. The molecule has 0 spiro atoms. The van der Waals surface area contributed by atoms with E-state index in [0.717, 1.165) is 37.8 Å². The predicted octanol–water partition coefficient (Wildman–Crippen LogP) is 7.26. The minimum Gasteiger partial charge on any atom is -0.462 e. The number of rotatable bonds is 6. The van der Waals surface area contributed by atoms with Crippen LogP contribution in [0.3, 0.4) is 0 Å². The van der Waals surface area contributed by atoms with Gasteiger partial charge >= 0.3 is 5.97 Å². The van der Waals surface area contributed by atoms with Crippen molar-refractivity contribution >= 4 is 29.2 Å². The monoisotopic (exact) mass is 543 g/mol. The number of anilines is 1. The van der Waals surface area contributed by atoms with Crippen LogP contribution in [0.2, 0.25) is 5.02 Å². The van der Waals surface area contributed by atoms with E-state index in [1.165, 1.54) is 25.7 Å². The zero-order valence-electron chi connectivity index (χ0n) is 23.5. The Morgan fingerprint density at radius 3 is 2.45 bits per heavy atom. The van der Waals surface area contributed by atoms with E-state index >= 15 is 0 Å². The second-order valence-electron chi connectivity index (χ2n) is 13.6. The van der Waals surface area contributed by atoms with E-state index in [1.54, 1.807) is 19.1 Å². The minimum atomic E-state index is -0.218. The number of carbonyl (C=O) groups is 2. The first-order chi connectivity index (χ1) is 18.0. The number of amides is 1. The van der Waals surface area contributed by atoms with Crippen molar-refractivity contribution in [1.29, 1.82) is 0 Å². The topological polar surface area (TPSA) is 75.6 Å². The van der Waals surface area contributed by atoms with Crippen molar-refractivity contribution in [2.75, 3.05) is 5.32 Å². The number of fused-ring (bicyclic) bond motifs is 5. The number of esters is 1. The lowest BCUT2D eigenvalue weighted by molar-refractivity contribution is -0.194. The average molecular weight is 544 g/mol. The molecule has 4 aliphatic carbocycles. The number of nitrogens with one attached hydrogen (secondary N) is 1. The molecule has 38 heavy (non-hydrogen) atoms. The Balaban J connectivity index is 1.29. The molecule has 0 saturated heterocycles. The Kier molecular flexibility index (Phi) is 7.92. The summed E-state index contributed by atoms with van der Waals surface area (Å²) in [5, 5.41) is 14.1. The molecule has 0 radical (unpaired) electrons. The second kappa shape index (κ2) is 10.8. The Morgan fingerprint density at radius 2 is 1.74 bits per heavy atom. The van der Waals surface area contributed by atoms with Crippen LogP contribution in [0.25, 0.3) is 0 Å². The van der Waals surface area contributed by atoms with E-state index < -0.39 is 0 Å². The maximum atomic E-state index is 12.7. The SMILES string of the molecule is CC(=O)O[C@H]1CC2C[C@H](O)CC[C@]2(C)C2CC[C@@]3(C)C(CCC3[C@H](C)CCC(=O)Nc3ccc(Cl)cc3)C21. The van der Waals surface area contributed by atoms with Crippen molar-refractivity contribution < 1.29 is 19.4 Å². The number of aliphatic hydroxyl groups is 1. The molecule has 1 aromatic carbocycles. The molecule has 1 amide bonds. The van der Waals surface area contributed by atoms with Crippen LogP contribution in [0.1, 0.15) is 91.9 Å². The quantitative estimate of drug-likeness (QED) is 0.370. The van der Waals surface area contributed by atoms with Gasteiger partial charge in [-0.2, -0.15) is 0 Å². The summed E-state index contributed by atoms with van der Waals surface area (Å²) in [5.41, 5.74) is 1.23. The van der Waals surface area contributed by atoms with Crippen LogP contribution in [0.5, 0.6) is 0 Å². The van der Waals surface area contributed by atoms with Gasteiger partial charge in [-0.3, -0.25) is 9.59 Å². The average Bonchev–Trinajstić information content (AvgIpc) is 3.22. The smallest absolute Gasteiger partial charge is 0.302 e. The number of hydrogen-bond donors (Lipinski definition) is 2. The van der Waals surface area contributed by atoms with Gasteiger partial charge in [-0.15, -0.1) is 0 Å². The van der Waals surface area contributed by atoms with Crippen molar-refractivity contribution in [2.24, 2.45) is 46.3 Å². The predicted molar refractivity (Wildman–Crippen MR) is 151 cm³/mol. The fourth-order valence-electron chi connectivity index (χ4n) is 9.80. The second-order valence-corrected chi connectivity index (χ2v) is 14.0. The molecule has 0 heterocycles. The van der Waals surface area contributed by atoms with Gasteiger partial charge in [0.1, 0.15) is 6.10 Å². The number of benzene rings is 1. The van der Waals surface area contributed by atoms with Crippen LogP contribution in [0.4, 0.5) is 5.69 Å². The summed E-state index contributed by atoms with van der Waals surface area (Å²) in [4.78, 5) is 24.9. The fourth-order valence-corrected chi connectivity index (χ4v) is 9.93. The van der Waals surface area contributed by atoms with Gasteiger partial charge in [0.2, 0.25) is 5.91 Å². The molecule has 2 N–H and O–H groups in total. The summed E-state index contributed by atoms with van der Waals surface area (Å²) in [5.74, 6) is 2.85. The standard InChI is InChI=1S/C32H46ClNO4/c1-19(5-12-29(37)34-23-8-6-22(33)7-9-23)25-10-11-26-30-27(14-16-32(25,26)4)31(3)15-13-24(36)17-21(31)18-28(30)38-20(2)35/h6-9,19,21,24-28,30,36H,5,10-18H2,1-4H3,(H,34,37)/t19-,21?,24-,25?,26?,27?,28+,30?,31+,32-/m1/s1. The maximum absolute atomic E-state index is 12.7. The number of aliphatic hydroxyl groups excluding tert-OH is 1. The minimum absolute atomic E-state index is 0.0373. The normalized spacial score (nSPS) is 40.8. The number of carbonyl (C=O) groups excluding carboxylic acids is 2. The molecule has 10 atom stereocenters. The molecule has 4 aliphatic rings. The molecule has 4 saturated carbocycles. The van der Waals surface area contributed by atoms with Crippen molar-refractivity contribution in [2.45, 2.75) is 104 Å². The third kappa shape index (κ3) is 5.14. The van der Waals surface area contributed by atoms with E-state index in [-0.39, 0.29) is 34.9 Å². The molecule has 1 aromatic rings. The van der Waals surface area contributed by atoms with Crippen molar-refractivity contribution in [3.63, 3.8) is 0 Å². The lowest BCUT2D eigenvalue weighted by Gasteiger charge is -2.62. The molecule has 5 unspecified atom stereocenters. The van der Waals surface area contributed by atoms with Crippen LogP contribution in [-0.2, 0) is 14.3 Å². The summed E-state index contributed by atoms with van der Waals surface area (Å²) < 4.78 is 6.10. The van der Waals surface area contributed by atoms with Gasteiger partial charge in [-0.05, 0) is 122 Å². The summed E-state index contributed by atoms with van der Waals surface area (Å²) in [6.07, 6.45) is 9.63. The Bertz CT molecular complexity index is 1030. The third-order valence-corrected chi connectivity index (χ3v) is 11.9. The molecule has 5 nitrogen and oxygen atoms in total. The highest BCUT2D eigenvalue weighted by Crippen LogP contribution is 2.68. The van der Waals surface area contributed by atoms with E-state index in [4.69, 9.17) is 16.3 Å². The Labute approximate surface area is 233 Å². The molecule has 6 heteroatoms. The number of hydrogen-bond acceptors (Lipinski definition) is 4. The highest BCUT2D eigenvalue weighted by Gasteiger charge is 2.63. The first-order valence-electron chi connectivity index (χ1n) is 14.9. The molecule has 210 valence electrons. The van der Waals surface area contributed by atoms with Crippen molar-refractivity contribution in [3.05, 3.63) is 29.3 Å². The lowest BCUT2D eigenvalue weighted by Crippen LogP contribution is -2.59. The van der Waals surface area contributed by atoms with Gasteiger partial charge in [0.15, 0.2) is 0 Å². The van der Waals surface area contributed by atoms with Gasteiger partial charge in [0.05, 0.1) is 6.10 Å². The van der Waals surface area contributed by atoms with Gasteiger partial charge in [0, 0.05) is 30.0 Å². The first-order valence-corrected chi connectivity index (χ1v) is 15.3. The van der Waals surface area contributed by atoms with Crippen molar-refractivity contribution in [3.8, 4) is 0 Å². The summed E-state index contributed by atoms with van der Waals surface area (Å²) >= 11 is 5.97. The van der Waals surface area contributed by atoms with Crippen LogP contribution in [-0.4, -0.2) is 29.2 Å². The third-order valence-electron chi connectivity index (χ3n) is 11.7. The van der Waals surface area contributed by atoms with E-state index in [0.29, 0.717) is 47.0 Å². The van der Waals surface area contributed by atoms with Gasteiger partial charge < -0.3 is 15.2 Å². The number of halogens is 1. The van der Waals surface area contributed by atoms with E-state index in [1.807, 2.05) is 12.1 Å². The van der Waals surface area contributed by atoms with E-state index in [9.17, 15) is 14.7 Å². The molecule has 0 aliphatic heterocycles. The molecule has 4 fully saturated rings. The van der Waals surface area contributed by atoms with Crippen LogP contribution < -0.4 is 5.32 Å². The van der Waals surface area contributed by atoms with Gasteiger partial charge in [-0.25, -0.2) is 0 Å². The lowest BCUT2D eigenvalue weighted by atomic mass is 9.43. The molecular weight excluding hydrogens is 498 g/mol. The van der Waals surface area contributed by atoms with Crippen LogP contribution >= 0.6 is 11.6 Å². The first kappa shape index (κ1) is 28.0. The van der Waals surface area contributed by atoms with E-state index in [2.05, 4.69) is 26.1 Å². The summed E-state index contributed by atoms with van der Waals surface area (Å²) in [6, 6.07) is 7.27. The van der Waals surface area contributed by atoms with Crippen LogP contribution in [0.15, 0.2) is 24.3 Å². The zero-order chi connectivity index (χ0) is 27.2. The highest BCUT2D eigenvalue weighted by atomic mass is 35.5. The Morgan fingerprint density at radius 1 is 1.05 bits per heavy atom.